The number of hydrazone groups is 1. The molecule has 2 unspecified atom stereocenters. The van der Waals surface area contributed by atoms with E-state index < -0.39 is 0 Å². The Morgan fingerprint density at radius 3 is 2.57 bits per heavy atom. The number of hydrogen-bond donors (Lipinski definition) is 1. The highest BCUT2D eigenvalue weighted by Gasteiger charge is 2.43. The minimum Gasteiger partial charge on any atom is -0.273 e. The quantitative estimate of drug-likeness (QED) is 0.680. The first-order valence-electron chi connectivity index (χ1n) is 6.87. The van der Waals surface area contributed by atoms with Crippen LogP contribution in [-0.4, -0.2) is 12.1 Å². The van der Waals surface area contributed by atoms with E-state index in [1.165, 1.54) is 5.56 Å². The zero-order valence-corrected chi connectivity index (χ0v) is 12.1. The molecular formula is C17H15ClN2O. The van der Waals surface area contributed by atoms with E-state index in [0.717, 1.165) is 12.0 Å². The van der Waals surface area contributed by atoms with Crippen LogP contribution in [-0.2, 0) is 4.79 Å². The van der Waals surface area contributed by atoms with Crippen LogP contribution < -0.4 is 5.43 Å². The van der Waals surface area contributed by atoms with Crippen LogP contribution in [0.25, 0.3) is 0 Å². The van der Waals surface area contributed by atoms with Crippen LogP contribution in [0.15, 0.2) is 59.7 Å². The first kappa shape index (κ1) is 13.8. The number of hydrogen-bond acceptors (Lipinski definition) is 2. The highest BCUT2D eigenvalue weighted by molar-refractivity contribution is 6.30. The Bertz CT molecular complexity index is 652. The first-order valence-corrected chi connectivity index (χ1v) is 7.25. The van der Waals surface area contributed by atoms with Gasteiger partial charge in [-0.2, -0.15) is 5.10 Å². The topological polar surface area (TPSA) is 41.5 Å². The maximum absolute atomic E-state index is 12.0. The summed E-state index contributed by atoms with van der Waals surface area (Å²) in [6, 6.07) is 17.4. The SMILES string of the molecule is O=C(N/N=C\c1ccc(Cl)cc1)C1CC1c1ccccc1. The second kappa shape index (κ2) is 6.10. The van der Waals surface area contributed by atoms with E-state index in [1.807, 2.05) is 30.3 Å². The molecule has 0 aromatic heterocycles. The Morgan fingerprint density at radius 1 is 1.14 bits per heavy atom. The number of nitrogens with one attached hydrogen (secondary N) is 1. The van der Waals surface area contributed by atoms with Gasteiger partial charge >= 0.3 is 0 Å². The van der Waals surface area contributed by atoms with E-state index in [9.17, 15) is 4.79 Å². The molecule has 3 rings (SSSR count). The molecule has 1 fully saturated rings. The zero-order valence-electron chi connectivity index (χ0n) is 11.4. The third kappa shape index (κ3) is 3.50. The summed E-state index contributed by atoms with van der Waals surface area (Å²) < 4.78 is 0. The summed E-state index contributed by atoms with van der Waals surface area (Å²) in [5.41, 5.74) is 4.72. The van der Waals surface area contributed by atoms with Gasteiger partial charge in [0.2, 0.25) is 5.91 Å². The van der Waals surface area contributed by atoms with Gasteiger partial charge in [-0.25, -0.2) is 5.43 Å². The number of carbonyl (C=O) groups is 1. The lowest BCUT2D eigenvalue weighted by atomic mass is 10.1. The van der Waals surface area contributed by atoms with Crippen molar-refractivity contribution in [1.29, 1.82) is 0 Å². The van der Waals surface area contributed by atoms with Gasteiger partial charge in [-0.05, 0) is 35.6 Å². The zero-order chi connectivity index (χ0) is 14.7. The van der Waals surface area contributed by atoms with E-state index in [-0.39, 0.29) is 11.8 Å². The van der Waals surface area contributed by atoms with Crippen molar-refractivity contribution in [3.05, 3.63) is 70.7 Å². The summed E-state index contributed by atoms with van der Waals surface area (Å²) in [5.74, 6) is 0.348. The van der Waals surface area contributed by atoms with Gasteiger partial charge in [0.05, 0.1) is 6.21 Å². The summed E-state index contributed by atoms with van der Waals surface area (Å²) >= 11 is 5.81. The van der Waals surface area contributed by atoms with Gasteiger partial charge in [0.1, 0.15) is 0 Å². The van der Waals surface area contributed by atoms with E-state index in [4.69, 9.17) is 11.6 Å². The molecule has 2 aromatic carbocycles. The molecule has 21 heavy (non-hydrogen) atoms. The van der Waals surface area contributed by atoms with Gasteiger partial charge in [0.25, 0.3) is 0 Å². The van der Waals surface area contributed by atoms with Crippen molar-refractivity contribution in [2.45, 2.75) is 12.3 Å². The lowest BCUT2D eigenvalue weighted by molar-refractivity contribution is -0.122. The van der Waals surface area contributed by atoms with Crippen molar-refractivity contribution in [2.75, 3.05) is 0 Å². The van der Waals surface area contributed by atoms with E-state index in [2.05, 4.69) is 22.7 Å². The molecule has 0 bridgehead atoms. The predicted molar refractivity (Wildman–Crippen MR) is 84.5 cm³/mol. The molecule has 0 aliphatic heterocycles. The highest BCUT2D eigenvalue weighted by atomic mass is 35.5. The fraction of sp³-hybridized carbons (Fsp3) is 0.176. The summed E-state index contributed by atoms with van der Waals surface area (Å²) in [7, 11) is 0. The van der Waals surface area contributed by atoms with Crippen LogP contribution in [0.5, 0.6) is 0 Å². The molecule has 1 aliphatic rings. The maximum atomic E-state index is 12.0. The van der Waals surface area contributed by atoms with Crippen molar-refractivity contribution in [1.82, 2.24) is 5.43 Å². The maximum Gasteiger partial charge on any atom is 0.243 e. The van der Waals surface area contributed by atoms with Crippen molar-refractivity contribution in [3.63, 3.8) is 0 Å². The number of benzene rings is 2. The van der Waals surface area contributed by atoms with Gasteiger partial charge < -0.3 is 0 Å². The van der Waals surface area contributed by atoms with Gasteiger partial charge in [-0.15, -0.1) is 0 Å². The standard InChI is InChI=1S/C17H15ClN2O/c18-14-8-6-12(7-9-14)11-19-20-17(21)16-10-15(16)13-4-2-1-3-5-13/h1-9,11,15-16H,10H2,(H,20,21)/b19-11-. The number of amides is 1. The summed E-state index contributed by atoms with van der Waals surface area (Å²) in [6.45, 7) is 0. The van der Waals surface area contributed by atoms with Gasteiger partial charge in [-0.1, -0.05) is 54.1 Å². The highest BCUT2D eigenvalue weighted by Crippen LogP contribution is 2.47. The monoisotopic (exact) mass is 298 g/mol. The molecule has 2 aromatic rings. The molecule has 2 atom stereocenters. The average Bonchev–Trinajstić information content (AvgIpc) is 3.31. The molecule has 0 heterocycles. The van der Waals surface area contributed by atoms with E-state index >= 15 is 0 Å². The van der Waals surface area contributed by atoms with E-state index in [0.29, 0.717) is 10.9 Å². The van der Waals surface area contributed by atoms with E-state index in [1.54, 1.807) is 18.3 Å². The number of halogens is 1. The first-order chi connectivity index (χ1) is 10.2. The average molecular weight is 299 g/mol. The molecule has 1 amide bonds. The normalized spacial score (nSPS) is 20.4. The fourth-order valence-electron chi connectivity index (χ4n) is 2.36. The smallest absolute Gasteiger partial charge is 0.243 e. The molecule has 0 spiro atoms. The Kier molecular flexibility index (Phi) is 4.02. The minimum atomic E-state index is -0.0194. The van der Waals surface area contributed by atoms with Gasteiger partial charge in [0.15, 0.2) is 0 Å². The molecule has 1 saturated carbocycles. The van der Waals surface area contributed by atoms with Crippen LogP contribution >= 0.6 is 11.6 Å². The lowest BCUT2D eigenvalue weighted by Gasteiger charge is -2.00. The third-order valence-corrected chi connectivity index (χ3v) is 3.87. The number of nitrogens with zero attached hydrogens (tertiary/aromatic N) is 1. The number of carbonyl (C=O) groups excluding carboxylic acids is 1. The lowest BCUT2D eigenvalue weighted by Crippen LogP contribution is -2.20. The molecule has 3 nitrogen and oxygen atoms in total. The largest absolute Gasteiger partial charge is 0.273 e. The fourth-order valence-corrected chi connectivity index (χ4v) is 2.48. The van der Waals surface area contributed by atoms with Crippen LogP contribution in [0.1, 0.15) is 23.5 Å². The summed E-state index contributed by atoms with van der Waals surface area (Å²) in [4.78, 5) is 12.0. The third-order valence-electron chi connectivity index (χ3n) is 3.61. The van der Waals surface area contributed by atoms with Crippen molar-refractivity contribution in [3.8, 4) is 0 Å². The molecule has 0 saturated heterocycles. The number of rotatable bonds is 4. The molecule has 0 radical (unpaired) electrons. The van der Waals surface area contributed by atoms with Crippen molar-refractivity contribution >= 4 is 23.7 Å². The Labute approximate surface area is 128 Å². The molecule has 106 valence electrons. The second-order valence-electron chi connectivity index (χ2n) is 5.15. The van der Waals surface area contributed by atoms with Crippen LogP contribution in [0.3, 0.4) is 0 Å². The van der Waals surface area contributed by atoms with Crippen molar-refractivity contribution < 1.29 is 4.79 Å². The summed E-state index contributed by atoms with van der Waals surface area (Å²) in [6.07, 6.45) is 2.51. The predicted octanol–water partition coefficient (Wildman–Crippen LogP) is 3.59. The second-order valence-corrected chi connectivity index (χ2v) is 5.58. The van der Waals surface area contributed by atoms with Crippen LogP contribution in [0.2, 0.25) is 5.02 Å². The van der Waals surface area contributed by atoms with Crippen LogP contribution in [0, 0.1) is 5.92 Å². The molecular weight excluding hydrogens is 284 g/mol. The van der Waals surface area contributed by atoms with Gasteiger partial charge in [-0.3, -0.25) is 4.79 Å². The Morgan fingerprint density at radius 2 is 1.86 bits per heavy atom. The summed E-state index contributed by atoms with van der Waals surface area (Å²) in [5, 5.41) is 4.67. The molecule has 4 heteroatoms. The minimum absolute atomic E-state index is 0.0194. The molecule has 1 N–H and O–H groups in total. The van der Waals surface area contributed by atoms with Gasteiger partial charge in [0, 0.05) is 10.9 Å². The molecule has 1 aliphatic carbocycles. The Hall–Kier alpha value is -2.13. The Balaban J connectivity index is 1.53. The van der Waals surface area contributed by atoms with Crippen molar-refractivity contribution in [2.24, 2.45) is 11.0 Å². The van der Waals surface area contributed by atoms with Crippen LogP contribution in [0.4, 0.5) is 0 Å².